The molecular formula is C49H58N2O10. The number of rotatable bonds is 26. The summed E-state index contributed by atoms with van der Waals surface area (Å²) in [5.74, 6) is -2.27. The number of hydrogen-bond donors (Lipinski definition) is 4. The summed E-state index contributed by atoms with van der Waals surface area (Å²) in [6.45, 7) is 0.935. The molecule has 4 aromatic rings. The molecule has 0 aliphatic carbocycles. The van der Waals surface area contributed by atoms with Crippen LogP contribution in [0.15, 0.2) is 109 Å². The fraction of sp³-hybridized carbons (Fsp3) is 0.347. The van der Waals surface area contributed by atoms with Gasteiger partial charge in [0.25, 0.3) is 0 Å². The molecule has 0 spiro atoms. The second-order valence-electron chi connectivity index (χ2n) is 15.0. The van der Waals surface area contributed by atoms with E-state index >= 15 is 0 Å². The molecule has 12 heteroatoms. The third kappa shape index (κ3) is 13.7. The molecule has 4 aromatic carbocycles. The lowest BCUT2D eigenvalue weighted by Gasteiger charge is -2.47. The normalized spacial score (nSPS) is 12.5. The highest BCUT2D eigenvalue weighted by atomic mass is 16.5. The average Bonchev–Trinajstić information content (AvgIpc) is 3.26. The van der Waals surface area contributed by atoms with Crippen LogP contribution in [0.2, 0.25) is 0 Å². The summed E-state index contributed by atoms with van der Waals surface area (Å²) in [4.78, 5) is 50.2. The van der Waals surface area contributed by atoms with Crippen LogP contribution in [0.5, 0.6) is 11.5 Å². The van der Waals surface area contributed by atoms with Gasteiger partial charge in [-0.25, -0.2) is 9.59 Å². The summed E-state index contributed by atoms with van der Waals surface area (Å²) in [5, 5.41) is 22.4. The predicted molar refractivity (Wildman–Crippen MR) is 237 cm³/mol. The number of carbonyl (C=O) groups is 4. The van der Waals surface area contributed by atoms with Crippen LogP contribution in [0, 0.1) is 5.41 Å². The van der Waals surface area contributed by atoms with Gasteiger partial charge in [-0.1, -0.05) is 87.1 Å². The smallest absolute Gasteiger partial charge is 0.330 e. The molecule has 0 heterocycles. The Balaban J connectivity index is 1.47. The average molecular weight is 835 g/mol. The van der Waals surface area contributed by atoms with Crippen LogP contribution in [0.25, 0.3) is 12.2 Å². The second-order valence-corrected chi connectivity index (χ2v) is 15.0. The van der Waals surface area contributed by atoms with Crippen LogP contribution >= 0.6 is 0 Å². The summed E-state index contributed by atoms with van der Waals surface area (Å²) in [6, 6.07) is 28.4. The van der Waals surface area contributed by atoms with Crippen LogP contribution in [0.4, 0.5) is 11.4 Å². The first kappa shape index (κ1) is 47.1. The fourth-order valence-electron chi connectivity index (χ4n) is 7.61. The molecule has 61 heavy (non-hydrogen) atoms. The monoisotopic (exact) mass is 834 g/mol. The summed E-state index contributed by atoms with van der Waals surface area (Å²) in [5.41, 5.74) is 12.4. The number of nitrogens with two attached hydrogens (primary N) is 2. The maximum absolute atomic E-state index is 13.7. The maximum atomic E-state index is 13.7. The summed E-state index contributed by atoms with van der Waals surface area (Å²) >= 11 is 0. The zero-order chi connectivity index (χ0) is 44.1. The minimum atomic E-state index is -2.22. The largest absolute Gasteiger partial charge is 0.494 e. The standard InChI is InChI=1S/C49H58N2O10/c1-58-44(52)29-17-36-13-25-42(26-14-36)60-33-9-5-3-7-31-48(39-19-23-41(51)24-20-39,49(46(54)55,47(56)57)35-38-11-21-40(50)22-12-38)32-8-4-6-10-34-61-43-27-15-37(16-28-43)18-30-45(53)59-2/h11-30H,3-10,31-35,50-51H2,1-2H3,(H,54,55)(H,56,57). The maximum Gasteiger partial charge on any atom is 0.330 e. The summed E-state index contributed by atoms with van der Waals surface area (Å²) in [7, 11) is 2.65. The Kier molecular flexibility index (Phi) is 18.5. The number of benzene rings is 4. The number of methoxy groups -OCH3 is 2. The fourth-order valence-corrected chi connectivity index (χ4v) is 7.61. The number of ether oxygens (including phenoxy) is 4. The van der Waals surface area contributed by atoms with E-state index in [0.717, 1.165) is 49.7 Å². The molecule has 12 nitrogen and oxygen atoms in total. The Labute approximate surface area is 358 Å². The van der Waals surface area contributed by atoms with Crippen molar-refractivity contribution in [3.8, 4) is 11.5 Å². The van der Waals surface area contributed by atoms with Gasteiger partial charge in [-0.15, -0.1) is 0 Å². The van der Waals surface area contributed by atoms with E-state index in [0.29, 0.717) is 72.9 Å². The zero-order valence-electron chi connectivity index (χ0n) is 35.1. The van der Waals surface area contributed by atoms with Crippen LogP contribution in [-0.2, 0) is 40.5 Å². The highest BCUT2D eigenvalue weighted by molar-refractivity contribution is 6.01. The topological polar surface area (TPSA) is 198 Å². The first-order chi connectivity index (χ1) is 29.4. The van der Waals surface area contributed by atoms with Gasteiger partial charge >= 0.3 is 23.9 Å². The van der Waals surface area contributed by atoms with Gasteiger partial charge in [0.15, 0.2) is 5.41 Å². The van der Waals surface area contributed by atoms with Gasteiger partial charge < -0.3 is 40.6 Å². The van der Waals surface area contributed by atoms with Crippen LogP contribution in [0.3, 0.4) is 0 Å². The van der Waals surface area contributed by atoms with Gasteiger partial charge in [0.1, 0.15) is 11.5 Å². The molecule has 0 aliphatic heterocycles. The quantitative estimate of drug-likeness (QED) is 0.0154. The van der Waals surface area contributed by atoms with E-state index in [1.54, 1.807) is 60.7 Å². The molecule has 0 aromatic heterocycles. The van der Waals surface area contributed by atoms with Gasteiger partial charge in [0, 0.05) is 35.4 Å². The molecule has 0 bridgehead atoms. The number of esters is 2. The minimum absolute atomic E-state index is 0.238. The highest BCUT2D eigenvalue weighted by Gasteiger charge is 2.62. The molecule has 0 radical (unpaired) electrons. The minimum Gasteiger partial charge on any atom is -0.494 e. The lowest BCUT2D eigenvalue weighted by molar-refractivity contribution is -0.172. The molecule has 0 amide bonds. The van der Waals surface area contributed by atoms with Crippen molar-refractivity contribution in [1.29, 1.82) is 0 Å². The molecule has 0 aliphatic rings. The molecule has 0 saturated heterocycles. The SMILES string of the molecule is COC(=O)C=Cc1ccc(OCCCCCCC(CCCCCCOc2ccc(C=CC(=O)OC)cc2)(c2ccc(N)cc2)C(Cc2ccc(N)cc2)(C(=O)O)C(=O)O)cc1. The third-order valence-electron chi connectivity index (χ3n) is 11.0. The first-order valence-corrected chi connectivity index (χ1v) is 20.6. The van der Waals surface area contributed by atoms with Crippen molar-refractivity contribution < 1.29 is 48.3 Å². The van der Waals surface area contributed by atoms with E-state index in [1.165, 1.54) is 26.4 Å². The number of hydrogen-bond acceptors (Lipinski definition) is 10. The van der Waals surface area contributed by atoms with Gasteiger partial charge in [0.05, 0.1) is 27.4 Å². The zero-order valence-corrected chi connectivity index (χ0v) is 35.1. The molecule has 4 rings (SSSR count). The number of carboxylic acid groups (broad SMARTS) is 2. The molecular weight excluding hydrogens is 777 g/mol. The summed E-state index contributed by atoms with van der Waals surface area (Å²) < 4.78 is 21.2. The van der Waals surface area contributed by atoms with Crippen molar-refractivity contribution in [1.82, 2.24) is 0 Å². The van der Waals surface area contributed by atoms with E-state index in [-0.39, 0.29) is 6.42 Å². The Hall–Kier alpha value is -6.56. The van der Waals surface area contributed by atoms with E-state index in [2.05, 4.69) is 9.47 Å². The number of carboxylic acids is 2. The van der Waals surface area contributed by atoms with E-state index in [9.17, 15) is 29.4 Å². The van der Waals surface area contributed by atoms with E-state index in [1.807, 2.05) is 48.5 Å². The van der Waals surface area contributed by atoms with Crippen molar-refractivity contribution in [3.63, 3.8) is 0 Å². The molecule has 6 N–H and O–H groups in total. The lowest BCUT2D eigenvalue weighted by Crippen LogP contribution is -2.57. The first-order valence-electron chi connectivity index (χ1n) is 20.6. The Morgan fingerprint density at radius 2 is 0.934 bits per heavy atom. The predicted octanol–water partition coefficient (Wildman–Crippen LogP) is 8.92. The van der Waals surface area contributed by atoms with E-state index < -0.39 is 34.7 Å². The number of anilines is 2. The lowest BCUT2D eigenvalue weighted by atomic mass is 9.53. The molecule has 0 fully saturated rings. The third-order valence-corrected chi connectivity index (χ3v) is 11.0. The molecule has 0 atom stereocenters. The van der Waals surface area contributed by atoms with Crippen LogP contribution in [-0.4, -0.2) is 61.5 Å². The van der Waals surface area contributed by atoms with Gasteiger partial charge in [-0.3, -0.25) is 9.59 Å². The van der Waals surface area contributed by atoms with Gasteiger partial charge in [-0.05, 0) is 109 Å². The van der Waals surface area contributed by atoms with Gasteiger partial charge in [0.2, 0.25) is 0 Å². The van der Waals surface area contributed by atoms with Crippen molar-refractivity contribution in [2.45, 2.75) is 76.0 Å². The van der Waals surface area contributed by atoms with Crippen molar-refractivity contribution in [2.24, 2.45) is 5.41 Å². The summed E-state index contributed by atoms with van der Waals surface area (Å²) in [6.07, 6.45) is 12.1. The van der Waals surface area contributed by atoms with Crippen LogP contribution in [0.1, 0.15) is 86.5 Å². The number of carbonyl (C=O) groups excluding carboxylic acids is 2. The van der Waals surface area contributed by atoms with Crippen LogP contribution < -0.4 is 20.9 Å². The Morgan fingerprint density at radius 1 is 0.541 bits per heavy atom. The van der Waals surface area contributed by atoms with E-state index in [4.69, 9.17) is 20.9 Å². The van der Waals surface area contributed by atoms with Crippen molar-refractivity contribution in [3.05, 3.63) is 131 Å². The number of nitrogen functional groups attached to an aromatic ring is 2. The number of aliphatic carboxylic acids is 2. The van der Waals surface area contributed by atoms with Crippen molar-refractivity contribution >= 4 is 47.4 Å². The highest BCUT2D eigenvalue weighted by Crippen LogP contribution is 2.52. The Bertz CT molecular complexity index is 1960. The molecule has 0 unspecified atom stereocenters. The number of unbranched alkanes of at least 4 members (excludes halogenated alkanes) is 6. The molecule has 0 saturated carbocycles. The van der Waals surface area contributed by atoms with Crippen molar-refractivity contribution in [2.75, 3.05) is 38.9 Å². The second kappa shape index (κ2) is 23.9. The van der Waals surface area contributed by atoms with Gasteiger partial charge in [-0.2, -0.15) is 0 Å². The Morgan fingerprint density at radius 3 is 1.33 bits per heavy atom. The molecule has 324 valence electrons.